The van der Waals surface area contributed by atoms with Crippen LogP contribution >= 0.6 is 23.2 Å². The highest BCUT2D eigenvalue weighted by Crippen LogP contribution is 2.42. The number of nitrogens with two attached hydrogens (primary N) is 1. The largest absolute Gasteiger partial charge is 0.414 e. The molecular weight excluding hydrogens is 770 g/mol. The molecule has 0 radical (unpaired) electrons. The summed E-state index contributed by atoms with van der Waals surface area (Å²) in [7, 11) is -3.50. The lowest BCUT2D eigenvalue weighted by Crippen LogP contribution is -2.48. The Hall–Kier alpha value is -0.786. The van der Waals surface area contributed by atoms with Crippen LogP contribution in [0.1, 0.15) is 104 Å². The van der Waals surface area contributed by atoms with Gasteiger partial charge in [0.05, 0.1) is 6.10 Å². The Balaban J connectivity index is 0.000000214. The van der Waals surface area contributed by atoms with Crippen molar-refractivity contribution in [2.24, 2.45) is 17.6 Å². The lowest BCUT2D eigenvalue weighted by Gasteiger charge is -2.39. The van der Waals surface area contributed by atoms with Crippen molar-refractivity contribution in [2.75, 3.05) is 26.2 Å². The third-order valence-electron chi connectivity index (χ3n) is 14.6. The van der Waals surface area contributed by atoms with Crippen LogP contribution in [0.15, 0.2) is 48.5 Å². The van der Waals surface area contributed by atoms with Crippen LogP contribution < -0.4 is 5.73 Å². The normalized spacial score (nSPS) is 28.0. The van der Waals surface area contributed by atoms with Crippen molar-refractivity contribution in [3.05, 3.63) is 69.7 Å². The number of aliphatic hydroxyl groups excluding tert-OH is 1. The summed E-state index contributed by atoms with van der Waals surface area (Å²) in [6.45, 7) is 27.7. The van der Waals surface area contributed by atoms with Crippen molar-refractivity contribution >= 4 is 39.8 Å². The molecule has 4 fully saturated rings. The van der Waals surface area contributed by atoms with Crippen LogP contribution in [0.2, 0.25) is 46.3 Å². The van der Waals surface area contributed by atoms with E-state index in [1.165, 1.54) is 56.3 Å². The second-order valence-electron chi connectivity index (χ2n) is 20.9. The van der Waals surface area contributed by atoms with E-state index in [9.17, 15) is 5.11 Å². The van der Waals surface area contributed by atoms with Gasteiger partial charge in [0, 0.05) is 40.4 Å². The fourth-order valence-electron chi connectivity index (χ4n) is 9.03. The summed E-state index contributed by atoms with van der Waals surface area (Å²) in [5.41, 5.74) is 9.37. The highest BCUT2D eigenvalue weighted by atomic mass is 35.5. The average Bonchev–Trinajstić information content (AvgIpc) is 3.66. The molecule has 6 nitrogen and oxygen atoms in total. The Kier molecular flexibility index (Phi) is 15.9. The monoisotopic (exact) mass is 845 g/mol. The van der Waals surface area contributed by atoms with Crippen molar-refractivity contribution < 1.29 is 14.0 Å². The Bertz CT molecular complexity index is 1380. The molecule has 2 aromatic rings. The molecule has 2 saturated heterocycles. The van der Waals surface area contributed by atoms with Gasteiger partial charge in [0.25, 0.3) is 0 Å². The second-order valence-corrected chi connectivity index (χ2v) is 31.3. The lowest BCUT2D eigenvalue weighted by atomic mass is 9.89. The Morgan fingerprint density at radius 2 is 0.964 bits per heavy atom. The number of likely N-dealkylation sites (tertiary alicyclic amines) is 2. The zero-order valence-corrected chi connectivity index (χ0v) is 40.1. The number of hydrogen-bond acceptors (Lipinski definition) is 6. The van der Waals surface area contributed by atoms with Crippen molar-refractivity contribution in [1.82, 2.24) is 9.80 Å². The van der Waals surface area contributed by atoms with E-state index in [2.05, 4.69) is 102 Å². The topological polar surface area (TPSA) is 71.2 Å². The molecule has 56 heavy (non-hydrogen) atoms. The highest BCUT2D eigenvalue weighted by molar-refractivity contribution is 6.74. The van der Waals surface area contributed by atoms with E-state index in [0.717, 1.165) is 67.1 Å². The van der Waals surface area contributed by atoms with Crippen LogP contribution in [-0.4, -0.2) is 94.2 Å². The smallest absolute Gasteiger partial charge is 0.192 e. The molecule has 4 aliphatic rings. The van der Waals surface area contributed by atoms with Gasteiger partial charge in [-0.1, -0.05) is 89.0 Å². The molecule has 316 valence electrons. The molecule has 0 aromatic heterocycles. The van der Waals surface area contributed by atoms with Crippen LogP contribution in [0, 0.1) is 11.8 Å². The number of benzene rings is 2. The maximum absolute atomic E-state index is 10.7. The minimum atomic E-state index is -1.78. The summed E-state index contributed by atoms with van der Waals surface area (Å²) in [4.78, 5) is 5.18. The van der Waals surface area contributed by atoms with E-state index in [1.54, 1.807) is 0 Å². The number of rotatable bonds is 10. The van der Waals surface area contributed by atoms with E-state index in [0.29, 0.717) is 12.1 Å². The molecule has 2 heterocycles. The van der Waals surface area contributed by atoms with E-state index in [-0.39, 0.29) is 34.4 Å². The Morgan fingerprint density at radius 1 is 0.607 bits per heavy atom. The van der Waals surface area contributed by atoms with Gasteiger partial charge in [-0.2, -0.15) is 0 Å². The first-order valence-electron chi connectivity index (χ1n) is 21.9. The summed E-state index contributed by atoms with van der Waals surface area (Å²) in [5.74, 6) is 1.50. The lowest BCUT2D eigenvalue weighted by molar-refractivity contribution is 0.0482. The maximum atomic E-state index is 10.7. The van der Waals surface area contributed by atoms with E-state index < -0.39 is 16.6 Å². The summed E-state index contributed by atoms with van der Waals surface area (Å²) < 4.78 is 13.3. The third-order valence-corrected chi connectivity index (χ3v) is 24.2. The van der Waals surface area contributed by atoms with Gasteiger partial charge in [-0.05, 0) is 174 Å². The van der Waals surface area contributed by atoms with Gasteiger partial charge in [-0.15, -0.1) is 0 Å². The molecular formula is C46H77Cl2N3O3Si2. The molecule has 3 N–H and O–H groups in total. The first kappa shape index (κ1) is 46.3. The molecule has 2 saturated carbocycles. The quantitative estimate of drug-likeness (QED) is 0.232. The molecule has 6 rings (SSSR count). The van der Waals surface area contributed by atoms with Crippen molar-refractivity contribution in [2.45, 2.75) is 178 Å². The Morgan fingerprint density at radius 3 is 1.36 bits per heavy atom. The van der Waals surface area contributed by atoms with Crippen molar-refractivity contribution in [3.8, 4) is 0 Å². The fraction of sp³-hybridized carbons (Fsp3) is 0.739. The molecule has 10 heteroatoms. The van der Waals surface area contributed by atoms with E-state index in [1.807, 2.05) is 24.3 Å². The van der Waals surface area contributed by atoms with Gasteiger partial charge in [0.15, 0.2) is 16.6 Å². The third kappa shape index (κ3) is 12.6. The SMILES string of the molecule is CC(C)(C)[Si](C)(C)O[C@H]1C[C@@H](N)[C@H](N2CCC(Cc3ccc(Cl)cc3)CC2)C1.CC(C)(C)[Si](C)(C)O[C@H]1C[C@@H](O)[C@H](N2CCC(Cc3ccc(Cl)cc3)CC2)C1. The molecule has 2 aromatic carbocycles. The predicted octanol–water partition coefficient (Wildman–Crippen LogP) is 11.0. The maximum Gasteiger partial charge on any atom is 0.192 e. The minimum Gasteiger partial charge on any atom is -0.414 e. The number of aliphatic hydroxyl groups is 1. The number of piperidine rings is 2. The molecule has 0 amide bonds. The summed E-state index contributed by atoms with van der Waals surface area (Å²) in [5, 5.41) is 12.8. The van der Waals surface area contributed by atoms with E-state index in [4.69, 9.17) is 37.8 Å². The molecule has 2 aliphatic carbocycles. The summed E-state index contributed by atoms with van der Waals surface area (Å²) in [6, 6.07) is 17.6. The van der Waals surface area contributed by atoms with Crippen molar-refractivity contribution in [3.63, 3.8) is 0 Å². The first-order valence-corrected chi connectivity index (χ1v) is 28.4. The van der Waals surface area contributed by atoms with Gasteiger partial charge in [0.2, 0.25) is 0 Å². The van der Waals surface area contributed by atoms with Gasteiger partial charge in [0.1, 0.15) is 0 Å². The standard InChI is InChI=1S/C23H39ClN2OSi.C23H38ClNO2Si/c1-23(2,3)28(4,5)27-20-15-21(25)22(16-20)26-12-10-18(11-13-26)14-17-6-8-19(24)9-7-17;1-23(2,3)28(4,5)27-20-15-21(22(26)16-20)25-12-10-18(11-13-25)14-17-6-8-19(24)9-7-17/h6-9,18,20-22H,10-16,25H2,1-5H3;6-9,18,20-22,26H,10-16H2,1-5H3/t20-,21+,22+;20-,21-,22-/m01/s1. The van der Waals surface area contributed by atoms with Crippen LogP contribution in [-0.2, 0) is 21.7 Å². The summed E-state index contributed by atoms with van der Waals surface area (Å²) in [6.07, 6.45) is 11.4. The minimum absolute atomic E-state index is 0.215. The molecule has 0 bridgehead atoms. The van der Waals surface area contributed by atoms with Crippen LogP contribution in [0.25, 0.3) is 0 Å². The fourth-order valence-corrected chi connectivity index (χ4v) is 12.0. The number of hydrogen-bond donors (Lipinski definition) is 2. The molecule has 0 unspecified atom stereocenters. The number of nitrogens with zero attached hydrogens (tertiary/aromatic N) is 2. The van der Waals surface area contributed by atoms with Gasteiger partial charge >= 0.3 is 0 Å². The van der Waals surface area contributed by atoms with E-state index >= 15 is 0 Å². The van der Waals surface area contributed by atoms with Gasteiger partial charge in [-0.25, -0.2) is 0 Å². The van der Waals surface area contributed by atoms with Crippen LogP contribution in [0.4, 0.5) is 0 Å². The van der Waals surface area contributed by atoms with Crippen molar-refractivity contribution in [1.29, 1.82) is 0 Å². The Labute approximate surface area is 353 Å². The van der Waals surface area contributed by atoms with Gasteiger partial charge in [-0.3, -0.25) is 9.80 Å². The first-order chi connectivity index (χ1) is 26.1. The molecule has 0 spiro atoms. The average molecular weight is 847 g/mol. The highest BCUT2D eigenvalue weighted by Gasteiger charge is 2.46. The molecule has 2 aliphatic heterocycles. The second kappa shape index (κ2) is 19.3. The molecule has 6 atom stereocenters. The van der Waals surface area contributed by atoms with Gasteiger partial charge < -0.3 is 19.7 Å². The predicted molar refractivity (Wildman–Crippen MR) is 243 cm³/mol. The van der Waals surface area contributed by atoms with Crippen LogP contribution in [0.5, 0.6) is 0 Å². The zero-order chi connectivity index (χ0) is 41.1. The van der Waals surface area contributed by atoms with Crippen LogP contribution in [0.3, 0.4) is 0 Å². The number of halogens is 2. The summed E-state index contributed by atoms with van der Waals surface area (Å²) >= 11 is 12.0. The zero-order valence-electron chi connectivity index (χ0n) is 36.6.